The van der Waals surface area contributed by atoms with Crippen LogP contribution in [0.3, 0.4) is 0 Å². The number of aliphatic hydroxyl groups is 2. The molecule has 0 unspecified atom stereocenters. The monoisotopic (exact) mass is 210 g/mol. The van der Waals surface area contributed by atoms with Gasteiger partial charge in [-0.1, -0.05) is 31.8 Å². The van der Waals surface area contributed by atoms with Gasteiger partial charge in [0.15, 0.2) is 0 Å². The zero-order valence-electron chi connectivity index (χ0n) is 9.04. The number of hydrogen-bond donors (Lipinski definition) is 2. The largest absolute Gasteiger partial charge is 0.389 e. The van der Waals surface area contributed by atoms with E-state index in [9.17, 15) is 10.2 Å². The van der Waals surface area contributed by atoms with Crippen LogP contribution in [0, 0.1) is 11.5 Å². The fourth-order valence-electron chi connectivity index (χ4n) is 1.38. The number of hydrogen-bond acceptors (Lipinski definition) is 2. The summed E-state index contributed by atoms with van der Waals surface area (Å²) in [6.45, 7) is 6.51. The van der Waals surface area contributed by atoms with Gasteiger partial charge in [0.1, 0.15) is 8.07 Å². The van der Waals surface area contributed by atoms with E-state index < -0.39 is 19.8 Å². The molecule has 0 bridgehead atoms. The van der Waals surface area contributed by atoms with Crippen molar-refractivity contribution in [3.63, 3.8) is 0 Å². The van der Waals surface area contributed by atoms with Crippen LogP contribution in [0.2, 0.25) is 19.6 Å². The summed E-state index contributed by atoms with van der Waals surface area (Å²) in [5.41, 5.74) is 2.31. The SMILES string of the molecule is C[Si](C)(C)C#CC[C@]1(O)C=C[C@@H](O)C1. The fraction of sp³-hybridized carbons (Fsp3) is 0.636. The van der Waals surface area contributed by atoms with Gasteiger partial charge in [-0.2, -0.15) is 0 Å². The topological polar surface area (TPSA) is 40.5 Å². The lowest BCUT2D eigenvalue weighted by atomic mass is 9.99. The minimum atomic E-state index is -1.34. The third-order valence-electron chi connectivity index (χ3n) is 2.05. The lowest BCUT2D eigenvalue weighted by Crippen LogP contribution is -2.25. The summed E-state index contributed by atoms with van der Waals surface area (Å²) in [4.78, 5) is 0. The molecule has 0 saturated heterocycles. The Morgan fingerprint density at radius 1 is 1.50 bits per heavy atom. The van der Waals surface area contributed by atoms with Gasteiger partial charge in [-0.15, -0.1) is 11.5 Å². The van der Waals surface area contributed by atoms with Crippen LogP contribution in [0.1, 0.15) is 12.8 Å². The molecular formula is C11H18O2Si. The summed E-state index contributed by atoms with van der Waals surface area (Å²) in [5, 5.41) is 19.2. The molecule has 2 nitrogen and oxygen atoms in total. The summed E-state index contributed by atoms with van der Waals surface area (Å²) in [7, 11) is -1.34. The van der Waals surface area contributed by atoms with Gasteiger partial charge in [-0.05, 0) is 0 Å². The predicted molar refractivity (Wildman–Crippen MR) is 60.5 cm³/mol. The summed E-state index contributed by atoms with van der Waals surface area (Å²) in [6, 6.07) is 0. The van der Waals surface area contributed by atoms with E-state index in [-0.39, 0.29) is 0 Å². The highest BCUT2D eigenvalue weighted by atomic mass is 28.3. The second-order valence-corrected chi connectivity index (χ2v) is 9.71. The molecule has 0 aromatic rings. The van der Waals surface area contributed by atoms with Gasteiger partial charge < -0.3 is 10.2 Å². The van der Waals surface area contributed by atoms with E-state index in [1.54, 1.807) is 12.2 Å². The minimum Gasteiger partial charge on any atom is -0.389 e. The third-order valence-corrected chi connectivity index (χ3v) is 2.98. The first kappa shape index (κ1) is 11.5. The molecule has 0 radical (unpaired) electrons. The molecule has 14 heavy (non-hydrogen) atoms. The van der Waals surface area contributed by atoms with Gasteiger partial charge in [0.2, 0.25) is 0 Å². The molecule has 78 valence electrons. The second kappa shape index (κ2) is 3.89. The van der Waals surface area contributed by atoms with Crippen molar-refractivity contribution in [1.82, 2.24) is 0 Å². The molecule has 2 N–H and O–H groups in total. The van der Waals surface area contributed by atoms with E-state index in [1.165, 1.54) is 0 Å². The lowest BCUT2D eigenvalue weighted by Gasteiger charge is -2.17. The summed E-state index contributed by atoms with van der Waals surface area (Å²) in [6.07, 6.45) is 3.61. The molecule has 1 aliphatic carbocycles. The van der Waals surface area contributed by atoms with Crippen molar-refractivity contribution in [2.75, 3.05) is 0 Å². The van der Waals surface area contributed by atoms with Crippen LogP contribution in [0.15, 0.2) is 12.2 Å². The van der Waals surface area contributed by atoms with E-state index in [0.29, 0.717) is 12.8 Å². The molecule has 0 amide bonds. The standard InChI is InChI=1S/C11H18O2Si/c1-14(2,3)8-4-6-11(13)7-5-10(12)9-11/h5,7,10,12-13H,6,9H2,1-3H3/t10-,11+/m1/s1. The van der Waals surface area contributed by atoms with E-state index in [1.807, 2.05) is 0 Å². The Labute approximate surface area is 86.7 Å². The maximum absolute atomic E-state index is 9.92. The van der Waals surface area contributed by atoms with Crippen molar-refractivity contribution >= 4 is 8.07 Å². The second-order valence-electron chi connectivity index (χ2n) is 4.96. The van der Waals surface area contributed by atoms with Crippen LogP contribution in [-0.4, -0.2) is 30.0 Å². The average molecular weight is 210 g/mol. The van der Waals surface area contributed by atoms with Gasteiger partial charge in [-0.3, -0.25) is 0 Å². The van der Waals surface area contributed by atoms with Gasteiger partial charge in [0, 0.05) is 12.8 Å². The molecule has 1 aliphatic rings. The van der Waals surface area contributed by atoms with Crippen LogP contribution in [0.4, 0.5) is 0 Å². The Hall–Kier alpha value is -0.563. The highest BCUT2D eigenvalue weighted by Gasteiger charge is 2.30. The Kier molecular flexibility index (Phi) is 3.20. The van der Waals surface area contributed by atoms with Crippen molar-refractivity contribution in [3.8, 4) is 11.5 Å². The molecule has 0 saturated carbocycles. The van der Waals surface area contributed by atoms with Gasteiger partial charge in [-0.25, -0.2) is 0 Å². The normalized spacial score (nSPS) is 31.4. The van der Waals surface area contributed by atoms with Gasteiger partial charge in [0.25, 0.3) is 0 Å². The quantitative estimate of drug-likeness (QED) is 0.389. The first-order valence-electron chi connectivity index (χ1n) is 4.91. The molecule has 0 aliphatic heterocycles. The van der Waals surface area contributed by atoms with Gasteiger partial charge >= 0.3 is 0 Å². The first-order valence-corrected chi connectivity index (χ1v) is 8.41. The van der Waals surface area contributed by atoms with E-state index in [2.05, 4.69) is 31.1 Å². The smallest absolute Gasteiger partial charge is 0.129 e. The molecule has 0 spiro atoms. The maximum atomic E-state index is 9.92. The van der Waals surface area contributed by atoms with E-state index >= 15 is 0 Å². The van der Waals surface area contributed by atoms with Crippen molar-refractivity contribution in [3.05, 3.63) is 12.2 Å². The Balaban J connectivity index is 2.53. The molecule has 0 aromatic heterocycles. The molecular weight excluding hydrogens is 192 g/mol. The maximum Gasteiger partial charge on any atom is 0.129 e. The highest BCUT2D eigenvalue weighted by Crippen LogP contribution is 2.25. The summed E-state index contributed by atoms with van der Waals surface area (Å²) in [5.74, 6) is 3.03. The number of aliphatic hydroxyl groups excluding tert-OH is 1. The molecule has 0 aromatic carbocycles. The highest BCUT2D eigenvalue weighted by molar-refractivity contribution is 6.83. The fourth-order valence-corrected chi connectivity index (χ4v) is 2.00. The van der Waals surface area contributed by atoms with E-state index in [0.717, 1.165) is 0 Å². The lowest BCUT2D eigenvalue weighted by molar-refractivity contribution is 0.0626. The van der Waals surface area contributed by atoms with Crippen LogP contribution in [-0.2, 0) is 0 Å². The number of rotatable bonds is 1. The summed E-state index contributed by atoms with van der Waals surface area (Å²) < 4.78 is 0. The van der Waals surface area contributed by atoms with Gasteiger partial charge in [0.05, 0.1) is 11.7 Å². The molecule has 0 heterocycles. The van der Waals surface area contributed by atoms with Crippen molar-refractivity contribution in [1.29, 1.82) is 0 Å². The zero-order chi connectivity index (χ0) is 10.8. The Morgan fingerprint density at radius 2 is 2.14 bits per heavy atom. The molecule has 0 fully saturated rings. The van der Waals surface area contributed by atoms with Crippen LogP contribution >= 0.6 is 0 Å². The van der Waals surface area contributed by atoms with Crippen molar-refractivity contribution in [2.24, 2.45) is 0 Å². The summed E-state index contributed by atoms with van der Waals surface area (Å²) >= 11 is 0. The Bertz CT molecular complexity index is 293. The minimum absolute atomic E-state index is 0.382. The van der Waals surface area contributed by atoms with E-state index in [4.69, 9.17) is 0 Å². The first-order chi connectivity index (χ1) is 6.31. The van der Waals surface area contributed by atoms with Crippen molar-refractivity contribution in [2.45, 2.75) is 44.2 Å². The third kappa shape index (κ3) is 3.67. The van der Waals surface area contributed by atoms with Crippen LogP contribution in [0.5, 0.6) is 0 Å². The van der Waals surface area contributed by atoms with Crippen molar-refractivity contribution < 1.29 is 10.2 Å². The van der Waals surface area contributed by atoms with Crippen LogP contribution < -0.4 is 0 Å². The predicted octanol–water partition coefficient (Wildman–Crippen LogP) is 1.31. The average Bonchev–Trinajstić information content (AvgIpc) is 2.28. The molecule has 1 rings (SSSR count). The zero-order valence-corrected chi connectivity index (χ0v) is 10.0. The molecule has 2 atom stereocenters. The van der Waals surface area contributed by atoms with Crippen LogP contribution in [0.25, 0.3) is 0 Å². The molecule has 3 heteroatoms. The Morgan fingerprint density at radius 3 is 2.57 bits per heavy atom.